The Hall–Kier alpha value is -1.64. The number of anilines is 1. The summed E-state index contributed by atoms with van der Waals surface area (Å²) in [5.41, 5.74) is 4.93. The predicted octanol–water partition coefficient (Wildman–Crippen LogP) is 1.63. The molecule has 1 heterocycles. The maximum Gasteiger partial charge on any atom is 0.244 e. The van der Waals surface area contributed by atoms with Crippen molar-refractivity contribution in [2.45, 2.75) is 50.0 Å². The average Bonchev–Trinajstić information content (AvgIpc) is 3.04. The molecule has 1 aromatic carbocycles. The Kier molecular flexibility index (Phi) is 5.52. The zero-order valence-corrected chi connectivity index (χ0v) is 14.9. The largest absolute Gasteiger partial charge is 0.506 e. The van der Waals surface area contributed by atoms with E-state index in [1.165, 1.54) is 22.5 Å². The van der Waals surface area contributed by atoms with Crippen molar-refractivity contribution in [1.82, 2.24) is 4.31 Å². The van der Waals surface area contributed by atoms with Crippen LogP contribution in [-0.2, 0) is 14.8 Å². The highest BCUT2D eigenvalue weighted by Crippen LogP contribution is 2.30. The fourth-order valence-corrected chi connectivity index (χ4v) is 4.30. The number of hydrogen-bond donors (Lipinski definition) is 3. The molecule has 2 rings (SSSR count). The fourth-order valence-electron chi connectivity index (χ4n) is 2.75. The summed E-state index contributed by atoms with van der Waals surface area (Å²) in [6.45, 7) is 4.50. The highest BCUT2D eigenvalue weighted by molar-refractivity contribution is 7.89. The summed E-state index contributed by atoms with van der Waals surface area (Å²) in [7, 11) is -3.62. The first-order chi connectivity index (χ1) is 11.2. The molecular weight excluding hydrogens is 330 g/mol. The van der Waals surface area contributed by atoms with E-state index in [-0.39, 0.29) is 16.3 Å². The van der Waals surface area contributed by atoms with Gasteiger partial charge in [0.2, 0.25) is 15.9 Å². The van der Waals surface area contributed by atoms with Gasteiger partial charge in [0.25, 0.3) is 0 Å². The van der Waals surface area contributed by atoms with Crippen LogP contribution in [0.4, 0.5) is 5.69 Å². The van der Waals surface area contributed by atoms with E-state index in [4.69, 9.17) is 5.73 Å². The number of rotatable bonds is 6. The van der Waals surface area contributed by atoms with Crippen LogP contribution >= 0.6 is 0 Å². The molecule has 1 aliphatic heterocycles. The maximum absolute atomic E-state index is 12.6. The number of aromatic hydroxyl groups is 1. The Labute approximate surface area is 142 Å². The molecule has 1 amide bonds. The third-order valence-corrected chi connectivity index (χ3v) is 6.10. The predicted molar refractivity (Wildman–Crippen MR) is 92.2 cm³/mol. The summed E-state index contributed by atoms with van der Waals surface area (Å²) in [6.07, 6.45) is 2.88. The number of hydrogen-bond acceptors (Lipinski definition) is 5. The van der Waals surface area contributed by atoms with E-state index in [9.17, 15) is 18.3 Å². The van der Waals surface area contributed by atoms with Crippen molar-refractivity contribution in [3.63, 3.8) is 0 Å². The summed E-state index contributed by atoms with van der Waals surface area (Å²) in [4.78, 5) is 12.3. The second-order valence-electron chi connectivity index (χ2n) is 6.41. The number of nitrogens with two attached hydrogens (primary N) is 1. The van der Waals surface area contributed by atoms with Crippen LogP contribution in [0.15, 0.2) is 23.1 Å². The van der Waals surface area contributed by atoms with Crippen LogP contribution in [0.3, 0.4) is 0 Å². The minimum atomic E-state index is -3.62. The second kappa shape index (κ2) is 7.08. The first-order valence-corrected chi connectivity index (χ1v) is 9.56. The quantitative estimate of drug-likeness (QED) is 0.671. The molecule has 1 fully saturated rings. The zero-order valence-electron chi connectivity index (χ0n) is 14.1. The number of carbonyl (C=O) groups is 1. The van der Waals surface area contributed by atoms with Gasteiger partial charge in [-0.2, -0.15) is 4.31 Å². The third kappa shape index (κ3) is 3.88. The van der Waals surface area contributed by atoms with Crippen molar-refractivity contribution in [3.8, 4) is 5.75 Å². The normalized spacial score (nSPS) is 18.3. The maximum atomic E-state index is 12.6. The van der Waals surface area contributed by atoms with Gasteiger partial charge in [-0.1, -0.05) is 13.3 Å². The van der Waals surface area contributed by atoms with Gasteiger partial charge in [-0.05, 0) is 44.4 Å². The summed E-state index contributed by atoms with van der Waals surface area (Å²) in [5, 5.41) is 12.5. The van der Waals surface area contributed by atoms with Gasteiger partial charge < -0.3 is 16.2 Å². The van der Waals surface area contributed by atoms with Gasteiger partial charge >= 0.3 is 0 Å². The van der Waals surface area contributed by atoms with Crippen LogP contribution in [0.1, 0.15) is 39.5 Å². The summed E-state index contributed by atoms with van der Waals surface area (Å²) >= 11 is 0. The highest BCUT2D eigenvalue weighted by Gasteiger charge is 2.30. The van der Waals surface area contributed by atoms with Crippen molar-refractivity contribution in [2.75, 3.05) is 18.4 Å². The molecule has 134 valence electrons. The Morgan fingerprint density at radius 2 is 2.00 bits per heavy atom. The number of nitrogens with one attached hydrogen (secondary N) is 1. The number of phenolic OH excluding ortho intramolecular Hbond substituents is 1. The van der Waals surface area contributed by atoms with Gasteiger partial charge in [-0.25, -0.2) is 8.42 Å². The molecule has 1 saturated heterocycles. The first-order valence-electron chi connectivity index (χ1n) is 8.12. The van der Waals surface area contributed by atoms with Crippen molar-refractivity contribution < 1.29 is 18.3 Å². The van der Waals surface area contributed by atoms with E-state index in [1.807, 2.05) is 6.92 Å². The lowest BCUT2D eigenvalue weighted by atomic mass is 9.96. The molecule has 1 atom stereocenters. The summed E-state index contributed by atoms with van der Waals surface area (Å²) < 4.78 is 26.6. The molecule has 4 N–H and O–H groups in total. The smallest absolute Gasteiger partial charge is 0.244 e. The van der Waals surface area contributed by atoms with E-state index in [0.29, 0.717) is 19.5 Å². The number of carbonyl (C=O) groups excluding carboxylic acids is 1. The molecule has 0 radical (unpaired) electrons. The first kappa shape index (κ1) is 18.7. The van der Waals surface area contributed by atoms with Crippen LogP contribution in [0.25, 0.3) is 0 Å². The molecule has 24 heavy (non-hydrogen) atoms. The van der Waals surface area contributed by atoms with Crippen LogP contribution in [0, 0.1) is 0 Å². The molecule has 1 aromatic rings. The molecule has 0 saturated carbocycles. The monoisotopic (exact) mass is 355 g/mol. The van der Waals surface area contributed by atoms with E-state index in [0.717, 1.165) is 19.3 Å². The molecule has 1 unspecified atom stereocenters. The minimum absolute atomic E-state index is 0.0479. The Morgan fingerprint density at radius 3 is 2.58 bits per heavy atom. The van der Waals surface area contributed by atoms with Crippen LogP contribution in [-0.4, -0.2) is 42.4 Å². The third-order valence-electron chi connectivity index (χ3n) is 4.21. The van der Waals surface area contributed by atoms with Crippen LogP contribution in [0.5, 0.6) is 5.75 Å². The van der Waals surface area contributed by atoms with Gasteiger partial charge in [0.15, 0.2) is 0 Å². The number of nitrogens with zero attached hydrogens (tertiary/aromatic N) is 1. The Balaban J connectivity index is 2.27. The molecule has 0 aliphatic carbocycles. The highest BCUT2D eigenvalue weighted by atomic mass is 32.2. The molecule has 7 nitrogen and oxygen atoms in total. The van der Waals surface area contributed by atoms with E-state index in [1.54, 1.807) is 6.92 Å². The topological polar surface area (TPSA) is 113 Å². The zero-order chi connectivity index (χ0) is 18.0. The van der Waals surface area contributed by atoms with E-state index >= 15 is 0 Å². The summed E-state index contributed by atoms with van der Waals surface area (Å²) in [6, 6.07) is 3.89. The molecule has 8 heteroatoms. The van der Waals surface area contributed by atoms with Gasteiger partial charge in [-0.3, -0.25) is 4.79 Å². The van der Waals surface area contributed by atoms with E-state index in [2.05, 4.69) is 5.32 Å². The lowest BCUT2D eigenvalue weighted by Gasteiger charge is -2.23. The molecule has 1 aliphatic rings. The van der Waals surface area contributed by atoms with Crippen molar-refractivity contribution >= 4 is 21.6 Å². The van der Waals surface area contributed by atoms with Gasteiger partial charge in [0.05, 0.1) is 16.1 Å². The SMILES string of the molecule is CCCC(C)(N)C(=O)Nc1cc(S(=O)(=O)N2CCCC2)ccc1O. The minimum Gasteiger partial charge on any atom is -0.506 e. The van der Waals surface area contributed by atoms with Gasteiger partial charge in [0, 0.05) is 13.1 Å². The van der Waals surface area contributed by atoms with Crippen molar-refractivity contribution in [2.24, 2.45) is 5.73 Å². The average molecular weight is 355 g/mol. The number of benzene rings is 1. The van der Waals surface area contributed by atoms with Crippen molar-refractivity contribution in [3.05, 3.63) is 18.2 Å². The lowest BCUT2D eigenvalue weighted by Crippen LogP contribution is -2.48. The number of phenols is 1. The van der Waals surface area contributed by atoms with Crippen molar-refractivity contribution in [1.29, 1.82) is 0 Å². The fraction of sp³-hybridized carbons (Fsp3) is 0.562. The molecular formula is C16H25N3O4S. The summed E-state index contributed by atoms with van der Waals surface area (Å²) in [5.74, 6) is -0.661. The lowest BCUT2D eigenvalue weighted by molar-refractivity contribution is -0.120. The van der Waals surface area contributed by atoms with Gasteiger partial charge in [0.1, 0.15) is 5.75 Å². The number of amides is 1. The Bertz CT molecular complexity index is 710. The van der Waals surface area contributed by atoms with E-state index < -0.39 is 21.5 Å². The molecule has 0 bridgehead atoms. The molecule has 0 spiro atoms. The second-order valence-corrected chi connectivity index (χ2v) is 8.35. The van der Waals surface area contributed by atoms with Gasteiger partial charge in [-0.15, -0.1) is 0 Å². The number of sulfonamides is 1. The Morgan fingerprint density at radius 1 is 1.38 bits per heavy atom. The van der Waals surface area contributed by atoms with Crippen LogP contribution in [0.2, 0.25) is 0 Å². The standard InChI is InChI=1S/C16H25N3O4S/c1-3-8-16(2,17)15(21)18-13-11-12(6-7-14(13)20)24(22,23)19-9-4-5-10-19/h6-7,11,20H,3-5,8-10,17H2,1-2H3,(H,18,21). The molecule has 0 aromatic heterocycles. The van der Waals surface area contributed by atoms with Crippen LogP contribution < -0.4 is 11.1 Å².